The molecule has 1 atom stereocenters. The molecule has 7 heteroatoms. The minimum absolute atomic E-state index is 0.297. The van der Waals surface area contributed by atoms with E-state index in [1.165, 1.54) is 11.8 Å². The molecular weight excluding hydrogens is 367 g/mol. The second kappa shape index (κ2) is 6.82. The molecule has 0 spiro atoms. The van der Waals surface area contributed by atoms with Gasteiger partial charge in [-0.1, -0.05) is 47.1 Å². The van der Waals surface area contributed by atoms with Crippen LogP contribution in [-0.4, -0.2) is 22.6 Å². The number of aliphatic imine (C=N–C) groups is 1. The topological polar surface area (TPSA) is 41.9 Å². The van der Waals surface area contributed by atoms with E-state index < -0.39 is 6.04 Å². The lowest BCUT2D eigenvalue weighted by molar-refractivity contribution is -0.139. The van der Waals surface area contributed by atoms with Crippen molar-refractivity contribution >= 4 is 46.1 Å². The second-order valence-corrected chi connectivity index (χ2v) is 7.03. The molecular formula is C17H16Cl2N2O2S. The summed E-state index contributed by atoms with van der Waals surface area (Å²) >= 11 is 14.2. The molecule has 0 saturated carbocycles. The molecule has 0 radical (unpaired) electrons. The van der Waals surface area contributed by atoms with Gasteiger partial charge in [-0.2, -0.15) is 0 Å². The largest absolute Gasteiger partial charge is 0.463 e. The molecule has 2 aliphatic rings. The SMILES string of the molecule is CCOC(=O)C1=C(C)N=C2SC=C(C)N2[C@H]1c1cccc(Cl)c1Cl. The van der Waals surface area contributed by atoms with Crippen molar-refractivity contribution in [2.75, 3.05) is 6.61 Å². The van der Waals surface area contributed by atoms with Gasteiger partial charge in [-0.15, -0.1) is 0 Å². The van der Waals surface area contributed by atoms with E-state index in [-0.39, 0.29) is 5.97 Å². The number of ether oxygens (including phenoxy) is 1. The van der Waals surface area contributed by atoms with Crippen LogP contribution in [0, 0.1) is 0 Å². The minimum atomic E-state index is -0.408. The maximum atomic E-state index is 12.6. The van der Waals surface area contributed by atoms with Crippen LogP contribution in [0.2, 0.25) is 10.0 Å². The van der Waals surface area contributed by atoms with Crippen LogP contribution in [0.3, 0.4) is 0 Å². The van der Waals surface area contributed by atoms with E-state index in [2.05, 4.69) is 4.99 Å². The zero-order valence-corrected chi connectivity index (χ0v) is 15.8. The summed E-state index contributed by atoms with van der Waals surface area (Å²) in [6.45, 7) is 5.87. The van der Waals surface area contributed by atoms with Crippen molar-refractivity contribution in [3.63, 3.8) is 0 Å². The van der Waals surface area contributed by atoms with E-state index in [1.54, 1.807) is 13.0 Å². The molecule has 0 saturated heterocycles. The van der Waals surface area contributed by atoms with E-state index >= 15 is 0 Å². The van der Waals surface area contributed by atoms with Gasteiger partial charge in [0.1, 0.15) is 0 Å². The summed E-state index contributed by atoms with van der Waals surface area (Å²) in [7, 11) is 0. The number of allylic oxidation sites excluding steroid dienone is 2. The van der Waals surface area contributed by atoms with E-state index in [0.29, 0.717) is 27.9 Å². The van der Waals surface area contributed by atoms with Gasteiger partial charge >= 0.3 is 5.97 Å². The van der Waals surface area contributed by atoms with Crippen LogP contribution in [0.1, 0.15) is 32.4 Å². The second-order valence-electron chi connectivity index (χ2n) is 5.41. The molecule has 0 unspecified atom stereocenters. The monoisotopic (exact) mass is 382 g/mol. The summed E-state index contributed by atoms with van der Waals surface area (Å²) in [4.78, 5) is 19.2. The van der Waals surface area contributed by atoms with Crippen molar-refractivity contribution in [2.24, 2.45) is 4.99 Å². The Balaban J connectivity index is 2.20. The first-order valence-corrected chi connectivity index (χ1v) is 9.12. The van der Waals surface area contributed by atoms with Crippen molar-refractivity contribution in [3.05, 3.63) is 56.2 Å². The number of hydrogen-bond donors (Lipinski definition) is 0. The number of rotatable bonds is 3. The van der Waals surface area contributed by atoms with E-state index in [4.69, 9.17) is 27.9 Å². The first-order valence-electron chi connectivity index (χ1n) is 7.48. The highest BCUT2D eigenvalue weighted by atomic mass is 35.5. The Hall–Kier alpha value is -1.43. The van der Waals surface area contributed by atoms with Crippen molar-refractivity contribution in [3.8, 4) is 0 Å². The Morgan fingerprint density at radius 3 is 2.83 bits per heavy atom. The molecule has 126 valence electrons. The molecule has 0 N–H and O–H groups in total. The van der Waals surface area contributed by atoms with Crippen molar-refractivity contribution in [2.45, 2.75) is 26.8 Å². The van der Waals surface area contributed by atoms with Gasteiger partial charge in [0.15, 0.2) is 5.17 Å². The van der Waals surface area contributed by atoms with Crippen LogP contribution in [0.25, 0.3) is 0 Å². The van der Waals surface area contributed by atoms with Gasteiger partial charge in [-0.25, -0.2) is 9.79 Å². The molecule has 4 nitrogen and oxygen atoms in total. The average molecular weight is 383 g/mol. The molecule has 0 aromatic heterocycles. The molecule has 2 aliphatic heterocycles. The molecule has 0 aliphatic carbocycles. The lowest BCUT2D eigenvalue weighted by atomic mass is 9.94. The number of halogens is 2. The van der Waals surface area contributed by atoms with Gasteiger partial charge in [0.25, 0.3) is 0 Å². The summed E-state index contributed by atoms with van der Waals surface area (Å²) in [6.07, 6.45) is 0. The summed E-state index contributed by atoms with van der Waals surface area (Å²) < 4.78 is 5.26. The highest BCUT2D eigenvalue weighted by Gasteiger charge is 2.40. The van der Waals surface area contributed by atoms with Crippen molar-refractivity contribution in [1.29, 1.82) is 0 Å². The number of nitrogens with zero attached hydrogens (tertiary/aromatic N) is 2. The summed E-state index contributed by atoms with van der Waals surface area (Å²) in [5.74, 6) is -0.386. The lowest BCUT2D eigenvalue weighted by Crippen LogP contribution is -2.36. The van der Waals surface area contributed by atoms with Crippen LogP contribution >= 0.6 is 35.0 Å². The van der Waals surface area contributed by atoms with E-state index in [0.717, 1.165) is 16.4 Å². The fraction of sp³-hybridized carbons (Fsp3) is 0.294. The van der Waals surface area contributed by atoms with E-state index in [1.807, 2.05) is 36.3 Å². The zero-order valence-electron chi connectivity index (χ0n) is 13.5. The van der Waals surface area contributed by atoms with Gasteiger partial charge in [0.2, 0.25) is 0 Å². The van der Waals surface area contributed by atoms with Crippen LogP contribution in [0.4, 0.5) is 0 Å². The minimum Gasteiger partial charge on any atom is -0.463 e. The number of esters is 1. The normalized spacial score (nSPS) is 19.9. The number of carbonyl (C=O) groups excluding carboxylic acids is 1. The van der Waals surface area contributed by atoms with Crippen LogP contribution in [0.15, 0.2) is 45.6 Å². The highest BCUT2D eigenvalue weighted by Crippen LogP contribution is 2.46. The summed E-state index contributed by atoms with van der Waals surface area (Å²) in [6, 6.07) is 5.03. The smallest absolute Gasteiger partial charge is 0.338 e. The fourth-order valence-electron chi connectivity index (χ4n) is 2.82. The van der Waals surface area contributed by atoms with Gasteiger partial charge in [0.05, 0.1) is 34.0 Å². The Labute approximate surface area is 155 Å². The average Bonchev–Trinajstić information content (AvgIpc) is 2.90. The Bertz CT molecular complexity index is 802. The predicted octanol–water partition coefficient (Wildman–Crippen LogP) is 5.15. The lowest BCUT2D eigenvalue weighted by Gasteiger charge is -2.36. The number of thioether (sulfide) groups is 1. The molecule has 24 heavy (non-hydrogen) atoms. The molecule has 1 aromatic rings. The summed E-state index contributed by atoms with van der Waals surface area (Å²) in [5, 5.41) is 3.71. The maximum absolute atomic E-state index is 12.6. The number of hydrogen-bond acceptors (Lipinski definition) is 5. The highest BCUT2D eigenvalue weighted by molar-refractivity contribution is 8.16. The molecule has 3 rings (SSSR count). The third-order valence-electron chi connectivity index (χ3n) is 3.88. The van der Waals surface area contributed by atoms with Crippen LogP contribution in [-0.2, 0) is 9.53 Å². The molecule has 0 bridgehead atoms. The molecule has 1 aromatic carbocycles. The summed E-state index contributed by atoms with van der Waals surface area (Å²) in [5.41, 5.74) is 2.87. The third kappa shape index (κ3) is 2.85. The Kier molecular flexibility index (Phi) is 4.95. The molecule has 0 fully saturated rings. The molecule has 2 heterocycles. The van der Waals surface area contributed by atoms with Crippen molar-refractivity contribution < 1.29 is 9.53 Å². The maximum Gasteiger partial charge on any atom is 0.338 e. The van der Waals surface area contributed by atoms with Crippen LogP contribution < -0.4 is 0 Å². The van der Waals surface area contributed by atoms with Crippen molar-refractivity contribution in [1.82, 2.24) is 4.90 Å². The third-order valence-corrected chi connectivity index (χ3v) is 5.67. The fourth-order valence-corrected chi connectivity index (χ4v) is 4.18. The van der Waals surface area contributed by atoms with Gasteiger partial charge in [-0.05, 0) is 37.8 Å². The first kappa shape index (κ1) is 17.4. The van der Waals surface area contributed by atoms with Gasteiger partial charge in [-0.3, -0.25) is 0 Å². The zero-order chi connectivity index (χ0) is 17.4. The number of carbonyl (C=O) groups is 1. The Morgan fingerprint density at radius 1 is 1.38 bits per heavy atom. The van der Waals surface area contributed by atoms with Gasteiger partial charge in [0, 0.05) is 5.70 Å². The van der Waals surface area contributed by atoms with E-state index in [9.17, 15) is 4.79 Å². The quantitative estimate of drug-likeness (QED) is 0.677. The first-order chi connectivity index (χ1) is 11.5. The number of fused-ring (bicyclic) bond motifs is 1. The molecule has 0 amide bonds. The number of amidine groups is 1. The number of benzene rings is 1. The van der Waals surface area contributed by atoms with Gasteiger partial charge < -0.3 is 9.64 Å². The standard InChI is InChI=1S/C17H16Cl2N2O2S/c1-4-23-16(22)13-10(3)20-17-21(9(2)8-24-17)15(13)11-6-5-7-12(18)14(11)19/h5-8,15H,4H2,1-3H3/t15-/m0/s1. The Morgan fingerprint density at radius 2 is 2.12 bits per heavy atom. The van der Waals surface area contributed by atoms with Crippen LogP contribution in [0.5, 0.6) is 0 Å². The predicted molar refractivity (Wildman–Crippen MR) is 99.2 cm³/mol.